The van der Waals surface area contributed by atoms with Crippen molar-refractivity contribution in [2.45, 2.75) is 53.2 Å². The molecule has 1 amide bonds. The predicted octanol–water partition coefficient (Wildman–Crippen LogP) is 1.80. The van der Waals surface area contributed by atoms with Gasteiger partial charge in [0, 0.05) is 25.7 Å². The van der Waals surface area contributed by atoms with Gasteiger partial charge >= 0.3 is 0 Å². The second kappa shape index (κ2) is 10.1. The maximum absolute atomic E-state index is 11.7. The van der Waals surface area contributed by atoms with Crippen molar-refractivity contribution in [3.63, 3.8) is 0 Å². The minimum absolute atomic E-state index is 0.174. The molecule has 0 radical (unpaired) electrons. The lowest BCUT2D eigenvalue weighted by molar-refractivity contribution is -0.150. The van der Waals surface area contributed by atoms with Crippen LogP contribution in [0.4, 0.5) is 0 Å². The molecular formula is C14H30N2O2. The summed E-state index contributed by atoms with van der Waals surface area (Å²) in [6.45, 7) is 16.6. The standard InChI is InChI=1S/C9H18N2O2.C3H6.C2H6/c1-7-6-10-4-5-11(7)8(12)9(2,3)13;1-3-2;1-2/h7,10,13H,4-6H2,1-3H3;3H,1H2,2H3;1-2H3. The van der Waals surface area contributed by atoms with E-state index in [-0.39, 0.29) is 11.9 Å². The summed E-state index contributed by atoms with van der Waals surface area (Å²) in [7, 11) is 0. The second-order valence-electron chi connectivity index (χ2n) is 4.52. The van der Waals surface area contributed by atoms with E-state index in [0.29, 0.717) is 6.54 Å². The van der Waals surface area contributed by atoms with Gasteiger partial charge in [0.05, 0.1) is 0 Å². The SMILES string of the molecule is C=CC.CC.CC1CNCCN1C(=O)C(C)(C)O. The van der Waals surface area contributed by atoms with E-state index in [9.17, 15) is 9.90 Å². The summed E-state index contributed by atoms with van der Waals surface area (Å²) >= 11 is 0. The quantitative estimate of drug-likeness (QED) is 0.705. The Kier molecular flexibility index (Phi) is 10.9. The molecule has 0 saturated carbocycles. The summed E-state index contributed by atoms with van der Waals surface area (Å²) in [6.07, 6.45) is 1.75. The van der Waals surface area contributed by atoms with Crippen LogP contribution in [0.15, 0.2) is 12.7 Å². The minimum Gasteiger partial charge on any atom is -0.381 e. The highest BCUT2D eigenvalue weighted by Gasteiger charge is 2.32. The van der Waals surface area contributed by atoms with E-state index in [1.165, 1.54) is 13.8 Å². The van der Waals surface area contributed by atoms with Crippen LogP contribution in [-0.4, -0.2) is 47.2 Å². The Bertz CT molecular complexity index is 234. The number of rotatable bonds is 1. The van der Waals surface area contributed by atoms with Gasteiger partial charge < -0.3 is 15.3 Å². The van der Waals surface area contributed by atoms with Gasteiger partial charge in [-0.2, -0.15) is 0 Å². The van der Waals surface area contributed by atoms with Crippen molar-refractivity contribution in [2.24, 2.45) is 0 Å². The van der Waals surface area contributed by atoms with Crippen LogP contribution in [0.5, 0.6) is 0 Å². The number of allylic oxidation sites excluding steroid dienone is 1. The van der Waals surface area contributed by atoms with Gasteiger partial charge in [-0.25, -0.2) is 0 Å². The first-order chi connectivity index (χ1) is 8.34. The molecule has 1 aliphatic rings. The van der Waals surface area contributed by atoms with Crippen LogP contribution < -0.4 is 5.32 Å². The zero-order chi connectivity index (χ0) is 14.8. The number of carbonyl (C=O) groups is 1. The summed E-state index contributed by atoms with van der Waals surface area (Å²) in [5, 5.41) is 12.7. The Hall–Kier alpha value is -0.870. The Balaban J connectivity index is 0. The molecule has 0 aromatic rings. The molecule has 1 fully saturated rings. The number of aliphatic hydroxyl groups is 1. The number of piperazine rings is 1. The average molecular weight is 258 g/mol. The van der Waals surface area contributed by atoms with Crippen LogP contribution in [0, 0.1) is 0 Å². The van der Waals surface area contributed by atoms with Gasteiger partial charge in [-0.1, -0.05) is 19.9 Å². The van der Waals surface area contributed by atoms with E-state index in [1.807, 2.05) is 27.7 Å². The van der Waals surface area contributed by atoms with Crippen molar-refractivity contribution < 1.29 is 9.90 Å². The van der Waals surface area contributed by atoms with Gasteiger partial charge in [0.2, 0.25) is 0 Å². The smallest absolute Gasteiger partial charge is 0.254 e. The Morgan fingerprint density at radius 2 is 1.94 bits per heavy atom. The molecule has 0 aromatic heterocycles. The average Bonchev–Trinajstić information content (AvgIpc) is 2.31. The monoisotopic (exact) mass is 258 g/mol. The Morgan fingerprint density at radius 1 is 1.50 bits per heavy atom. The predicted molar refractivity (Wildman–Crippen MR) is 77.6 cm³/mol. The van der Waals surface area contributed by atoms with E-state index in [1.54, 1.807) is 11.0 Å². The number of carbonyl (C=O) groups excluding carboxylic acids is 1. The molecule has 4 nitrogen and oxygen atoms in total. The van der Waals surface area contributed by atoms with Gasteiger partial charge in [0.1, 0.15) is 5.60 Å². The molecule has 1 aliphatic heterocycles. The Labute approximate surface area is 112 Å². The molecule has 0 spiro atoms. The van der Waals surface area contributed by atoms with Crippen LogP contribution in [0.3, 0.4) is 0 Å². The first-order valence-corrected chi connectivity index (χ1v) is 6.65. The molecule has 1 heterocycles. The lowest BCUT2D eigenvalue weighted by Gasteiger charge is -2.37. The summed E-state index contributed by atoms with van der Waals surface area (Å²) < 4.78 is 0. The van der Waals surface area contributed by atoms with Gasteiger partial charge in [0.25, 0.3) is 5.91 Å². The molecule has 1 atom stereocenters. The highest BCUT2D eigenvalue weighted by Crippen LogP contribution is 2.11. The second-order valence-corrected chi connectivity index (χ2v) is 4.52. The fourth-order valence-corrected chi connectivity index (χ4v) is 1.49. The molecule has 0 bridgehead atoms. The normalized spacial score (nSPS) is 18.8. The largest absolute Gasteiger partial charge is 0.381 e. The van der Waals surface area contributed by atoms with E-state index >= 15 is 0 Å². The molecule has 0 aromatic carbocycles. The van der Waals surface area contributed by atoms with Crippen LogP contribution in [0.25, 0.3) is 0 Å². The molecule has 1 saturated heterocycles. The highest BCUT2D eigenvalue weighted by atomic mass is 16.3. The van der Waals surface area contributed by atoms with Crippen molar-refractivity contribution >= 4 is 5.91 Å². The Morgan fingerprint density at radius 3 is 2.28 bits per heavy atom. The van der Waals surface area contributed by atoms with E-state index < -0.39 is 5.60 Å². The lowest BCUT2D eigenvalue weighted by Crippen LogP contribution is -2.57. The summed E-state index contributed by atoms with van der Waals surface area (Å²) in [6, 6.07) is 0.174. The third kappa shape index (κ3) is 7.45. The first-order valence-electron chi connectivity index (χ1n) is 6.65. The van der Waals surface area contributed by atoms with Gasteiger partial charge in [0.15, 0.2) is 0 Å². The molecule has 4 heteroatoms. The van der Waals surface area contributed by atoms with Crippen LogP contribution in [-0.2, 0) is 4.79 Å². The third-order valence-corrected chi connectivity index (χ3v) is 2.29. The number of hydrogen-bond acceptors (Lipinski definition) is 3. The molecule has 2 N–H and O–H groups in total. The lowest BCUT2D eigenvalue weighted by atomic mass is 10.1. The van der Waals surface area contributed by atoms with Crippen molar-refractivity contribution in [3.8, 4) is 0 Å². The minimum atomic E-state index is -1.24. The molecule has 1 unspecified atom stereocenters. The van der Waals surface area contributed by atoms with Crippen LogP contribution in [0.2, 0.25) is 0 Å². The number of hydrogen-bond donors (Lipinski definition) is 2. The molecule has 18 heavy (non-hydrogen) atoms. The third-order valence-electron chi connectivity index (χ3n) is 2.29. The maximum atomic E-state index is 11.7. The maximum Gasteiger partial charge on any atom is 0.254 e. The molecule has 1 rings (SSSR count). The van der Waals surface area contributed by atoms with Gasteiger partial charge in [-0.3, -0.25) is 4.79 Å². The van der Waals surface area contributed by atoms with E-state index in [0.717, 1.165) is 13.1 Å². The van der Waals surface area contributed by atoms with Gasteiger partial charge in [-0.15, -0.1) is 6.58 Å². The van der Waals surface area contributed by atoms with Crippen molar-refractivity contribution in [3.05, 3.63) is 12.7 Å². The highest BCUT2D eigenvalue weighted by molar-refractivity contribution is 5.84. The summed E-state index contributed by atoms with van der Waals surface area (Å²) in [5.41, 5.74) is -1.24. The number of amides is 1. The number of nitrogens with zero attached hydrogens (tertiary/aromatic N) is 1. The summed E-state index contributed by atoms with van der Waals surface area (Å²) in [4.78, 5) is 13.4. The van der Waals surface area contributed by atoms with Crippen LogP contribution >= 0.6 is 0 Å². The van der Waals surface area contributed by atoms with Crippen molar-refractivity contribution in [2.75, 3.05) is 19.6 Å². The fourth-order valence-electron chi connectivity index (χ4n) is 1.49. The van der Waals surface area contributed by atoms with Crippen molar-refractivity contribution in [1.82, 2.24) is 10.2 Å². The zero-order valence-corrected chi connectivity index (χ0v) is 12.8. The summed E-state index contributed by atoms with van der Waals surface area (Å²) in [5.74, 6) is -0.179. The van der Waals surface area contributed by atoms with E-state index in [2.05, 4.69) is 11.9 Å². The van der Waals surface area contributed by atoms with Crippen molar-refractivity contribution in [1.29, 1.82) is 0 Å². The molecule has 108 valence electrons. The molecule has 0 aliphatic carbocycles. The number of nitrogens with one attached hydrogen (secondary N) is 1. The van der Waals surface area contributed by atoms with Gasteiger partial charge in [-0.05, 0) is 27.7 Å². The fraction of sp³-hybridized carbons (Fsp3) is 0.786. The van der Waals surface area contributed by atoms with Crippen LogP contribution in [0.1, 0.15) is 41.5 Å². The van der Waals surface area contributed by atoms with E-state index in [4.69, 9.17) is 0 Å². The first kappa shape index (κ1) is 19.5. The molecular weight excluding hydrogens is 228 g/mol. The topological polar surface area (TPSA) is 52.6 Å². The zero-order valence-electron chi connectivity index (χ0n) is 12.8.